The van der Waals surface area contributed by atoms with Gasteiger partial charge in [-0.3, -0.25) is 9.36 Å². The minimum Gasteiger partial charge on any atom is -0.330 e. The van der Waals surface area contributed by atoms with Gasteiger partial charge in [-0.25, -0.2) is 4.98 Å². The molecule has 0 aliphatic carbocycles. The van der Waals surface area contributed by atoms with Gasteiger partial charge in [-0.2, -0.15) is 0 Å². The molecule has 4 nitrogen and oxygen atoms in total. The maximum Gasteiger partial charge on any atom is 0.264 e. The highest BCUT2D eigenvalue weighted by atomic mass is 32.1. The summed E-state index contributed by atoms with van der Waals surface area (Å²) in [5.41, 5.74) is 3.07. The largest absolute Gasteiger partial charge is 0.330 e. The number of hydrogen-bond donors (Lipinski definition) is 0. The van der Waals surface area contributed by atoms with Gasteiger partial charge in [0.05, 0.1) is 22.5 Å². The van der Waals surface area contributed by atoms with Crippen LogP contribution in [0, 0.1) is 0 Å². The third-order valence-electron chi connectivity index (χ3n) is 5.03. The summed E-state index contributed by atoms with van der Waals surface area (Å²) >= 11 is 1.50. The Morgan fingerprint density at radius 3 is 2.55 bits per heavy atom. The van der Waals surface area contributed by atoms with Crippen molar-refractivity contribution in [3.05, 3.63) is 82.8 Å². The van der Waals surface area contributed by atoms with Crippen molar-refractivity contribution in [3.63, 3.8) is 0 Å². The molecule has 29 heavy (non-hydrogen) atoms. The highest BCUT2D eigenvalue weighted by molar-refractivity contribution is 7.12. The number of hydrogen-bond acceptors (Lipinski definition) is 3. The number of para-hydroxylation sites is 3. The molecule has 2 heterocycles. The van der Waals surface area contributed by atoms with Gasteiger partial charge in [0.25, 0.3) is 5.91 Å². The van der Waals surface area contributed by atoms with E-state index in [1.165, 1.54) is 11.3 Å². The Labute approximate surface area is 175 Å². The van der Waals surface area contributed by atoms with Crippen LogP contribution < -0.4 is 0 Å². The lowest BCUT2D eigenvalue weighted by molar-refractivity contribution is 0.0740. The van der Waals surface area contributed by atoms with Crippen molar-refractivity contribution >= 4 is 28.3 Å². The third kappa shape index (κ3) is 4.25. The van der Waals surface area contributed by atoms with Gasteiger partial charge in [-0.05, 0) is 42.1 Å². The molecule has 0 aliphatic heterocycles. The summed E-state index contributed by atoms with van der Waals surface area (Å²) in [6.07, 6.45) is 3.24. The number of carbonyl (C=O) groups excluding carboxylic acids is 1. The van der Waals surface area contributed by atoms with Crippen LogP contribution in [-0.2, 0) is 6.54 Å². The maximum absolute atomic E-state index is 13.2. The lowest BCUT2D eigenvalue weighted by atomic mass is 10.2. The summed E-state index contributed by atoms with van der Waals surface area (Å²) < 4.78 is 2.17. The number of rotatable bonds is 8. The topological polar surface area (TPSA) is 38.1 Å². The Bertz CT molecular complexity index is 1070. The SMILES string of the molecule is CCCCCN(Cc1nc2ccccc2n1-c1ccccc1)C(=O)c1cccs1. The van der Waals surface area contributed by atoms with Crippen LogP contribution in [0.4, 0.5) is 0 Å². The van der Waals surface area contributed by atoms with E-state index in [1.807, 2.05) is 58.8 Å². The molecule has 0 radical (unpaired) electrons. The lowest BCUT2D eigenvalue weighted by Crippen LogP contribution is -2.32. The fraction of sp³-hybridized carbons (Fsp3) is 0.250. The first-order valence-electron chi connectivity index (χ1n) is 10.1. The van der Waals surface area contributed by atoms with Crippen molar-refractivity contribution < 1.29 is 4.79 Å². The Morgan fingerprint density at radius 1 is 1.00 bits per heavy atom. The number of benzene rings is 2. The Kier molecular flexibility index (Phi) is 6.06. The average molecular weight is 404 g/mol. The number of aromatic nitrogens is 2. The summed E-state index contributed by atoms with van der Waals surface area (Å²) in [4.78, 5) is 20.8. The van der Waals surface area contributed by atoms with Gasteiger partial charge in [0, 0.05) is 12.2 Å². The summed E-state index contributed by atoms with van der Waals surface area (Å²) in [6.45, 7) is 3.41. The second-order valence-electron chi connectivity index (χ2n) is 7.10. The number of nitrogens with zero attached hydrogens (tertiary/aromatic N) is 3. The smallest absolute Gasteiger partial charge is 0.264 e. The van der Waals surface area contributed by atoms with Crippen molar-refractivity contribution in [3.8, 4) is 5.69 Å². The third-order valence-corrected chi connectivity index (χ3v) is 5.89. The van der Waals surface area contributed by atoms with Crippen molar-refractivity contribution in [1.29, 1.82) is 0 Å². The summed E-state index contributed by atoms with van der Waals surface area (Å²) in [7, 11) is 0. The molecular formula is C24H25N3OS. The standard InChI is InChI=1S/C24H25N3OS/c1-2-3-9-16-26(24(28)22-15-10-17-29-22)18-23-25-20-13-7-8-14-21(20)27(23)19-11-5-4-6-12-19/h4-8,10-15,17H,2-3,9,16,18H2,1H3. The van der Waals surface area contributed by atoms with E-state index in [0.29, 0.717) is 6.54 Å². The Balaban J connectivity index is 1.72. The number of imidazole rings is 1. The fourth-order valence-electron chi connectivity index (χ4n) is 3.58. The van der Waals surface area contributed by atoms with E-state index >= 15 is 0 Å². The zero-order valence-electron chi connectivity index (χ0n) is 16.6. The zero-order chi connectivity index (χ0) is 20.1. The second kappa shape index (κ2) is 9.05. The van der Waals surface area contributed by atoms with Gasteiger partial charge < -0.3 is 4.90 Å². The molecule has 0 spiro atoms. The van der Waals surface area contributed by atoms with E-state index in [4.69, 9.17) is 4.98 Å². The number of fused-ring (bicyclic) bond motifs is 1. The normalized spacial score (nSPS) is 11.1. The predicted molar refractivity (Wildman–Crippen MR) is 120 cm³/mol. The molecule has 0 saturated carbocycles. The molecule has 4 aromatic rings. The average Bonchev–Trinajstić information content (AvgIpc) is 3.41. The highest BCUT2D eigenvalue weighted by Crippen LogP contribution is 2.23. The highest BCUT2D eigenvalue weighted by Gasteiger charge is 2.21. The van der Waals surface area contributed by atoms with Crippen LogP contribution in [0.1, 0.15) is 41.7 Å². The van der Waals surface area contributed by atoms with Crippen LogP contribution >= 0.6 is 11.3 Å². The lowest BCUT2D eigenvalue weighted by Gasteiger charge is -2.22. The van der Waals surface area contributed by atoms with Gasteiger partial charge in [-0.15, -0.1) is 11.3 Å². The first-order chi connectivity index (χ1) is 14.3. The molecule has 0 bridgehead atoms. The predicted octanol–water partition coefficient (Wildman–Crippen LogP) is 5.92. The molecule has 0 aliphatic rings. The van der Waals surface area contributed by atoms with E-state index < -0.39 is 0 Å². The van der Waals surface area contributed by atoms with Crippen molar-refractivity contribution in [2.75, 3.05) is 6.54 Å². The second-order valence-corrected chi connectivity index (χ2v) is 8.05. The zero-order valence-corrected chi connectivity index (χ0v) is 17.4. The first-order valence-corrected chi connectivity index (χ1v) is 11.0. The van der Waals surface area contributed by atoms with E-state index in [9.17, 15) is 4.79 Å². The number of unbranched alkanes of at least 4 members (excludes halogenated alkanes) is 2. The van der Waals surface area contributed by atoms with E-state index in [1.54, 1.807) is 0 Å². The first kappa shape index (κ1) is 19.4. The van der Waals surface area contributed by atoms with Gasteiger partial charge in [0.15, 0.2) is 0 Å². The molecule has 0 N–H and O–H groups in total. The molecule has 0 saturated heterocycles. The quantitative estimate of drug-likeness (QED) is 0.343. The maximum atomic E-state index is 13.2. The molecule has 0 fully saturated rings. The van der Waals surface area contributed by atoms with E-state index in [0.717, 1.165) is 53.2 Å². The van der Waals surface area contributed by atoms with Crippen LogP contribution in [0.25, 0.3) is 16.7 Å². The monoisotopic (exact) mass is 403 g/mol. The van der Waals surface area contributed by atoms with Crippen LogP contribution in [0.2, 0.25) is 0 Å². The molecule has 4 rings (SSSR count). The summed E-state index contributed by atoms with van der Waals surface area (Å²) in [5, 5.41) is 1.96. The minimum absolute atomic E-state index is 0.0859. The van der Waals surface area contributed by atoms with Crippen molar-refractivity contribution in [2.24, 2.45) is 0 Å². The Morgan fingerprint density at radius 2 is 1.79 bits per heavy atom. The van der Waals surface area contributed by atoms with E-state index in [2.05, 4.69) is 29.7 Å². The molecule has 0 unspecified atom stereocenters. The van der Waals surface area contributed by atoms with Gasteiger partial charge in [0.1, 0.15) is 5.82 Å². The summed E-state index contributed by atoms with van der Waals surface area (Å²) in [6, 6.07) is 22.2. The number of amides is 1. The van der Waals surface area contributed by atoms with Crippen LogP contribution in [0.15, 0.2) is 72.1 Å². The van der Waals surface area contributed by atoms with Crippen LogP contribution in [0.3, 0.4) is 0 Å². The van der Waals surface area contributed by atoms with Gasteiger partial charge >= 0.3 is 0 Å². The van der Waals surface area contributed by atoms with Crippen LogP contribution in [0.5, 0.6) is 0 Å². The van der Waals surface area contributed by atoms with E-state index in [-0.39, 0.29) is 5.91 Å². The van der Waals surface area contributed by atoms with Gasteiger partial charge in [-0.1, -0.05) is 56.2 Å². The van der Waals surface area contributed by atoms with Crippen LogP contribution in [-0.4, -0.2) is 26.9 Å². The molecule has 148 valence electrons. The van der Waals surface area contributed by atoms with Crippen molar-refractivity contribution in [1.82, 2.24) is 14.5 Å². The molecule has 5 heteroatoms. The Hall–Kier alpha value is -2.92. The molecular weight excluding hydrogens is 378 g/mol. The molecule has 0 atom stereocenters. The minimum atomic E-state index is 0.0859. The molecule has 2 aromatic carbocycles. The van der Waals surface area contributed by atoms with Crippen molar-refractivity contribution in [2.45, 2.75) is 32.7 Å². The number of thiophene rings is 1. The summed E-state index contributed by atoms with van der Waals surface area (Å²) in [5.74, 6) is 0.974. The molecule has 1 amide bonds. The van der Waals surface area contributed by atoms with Gasteiger partial charge in [0.2, 0.25) is 0 Å². The molecule has 2 aromatic heterocycles. The number of carbonyl (C=O) groups is 1. The fourth-order valence-corrected chi connectivity index (χ4v) is 4.27.